The van der Waals surface area contributed by atoms with E-state index in [1.54, 1.807) is 0 Å². The van der Waals surface area contributed by atoms with E-state index >= 15 is 0 Å². The SMILES string of the molecule is CC(=O)O[C@]1(CN)C[C@@H]2CCC[C@@H]21. The molecule has 2 N–H and O–H groups in total. The molecule has 0 heterocycles. The van der Waals surface area contributed by atoms with Gasteiger partial charge in [-0.15, -0.1) is 0 Å². The van der Waals surface area contributed by atoms with Crippen LogP contribution in [0.5, 0.6) is 0 Å². The molecule has 0 aliphatic heterocycles. The molecule has 2 aliphatic rings. The minimum atomic E-state index is -0.285. The first-order chi connectivity index (χ1) is 6.18. The predicted octanol–water partition coefficient (Wildman–Crippen LogP) is 1.07. The number of carbonyl (C=O) groups excluding carboxylic acids is 1. The van der Waals surface area contributed by atoms with Crippen molar-refractivity contribution >= 4 is 5.97 Å². The van der Waals surface area contributed by atoms with Gasteiger partial charge in [-0.3, -0.25) is 4.79 Å². The van der Waals surface area contributed by atoms with Crippen LogP contribution in [0.15, 0.2) is 0 Å². The first kappa shape index (κ1) is 9.00. The molecule has 0 aromatic rings. The van der Waals surface area contributed by atoms with Crippen molar-refractivity contribution in [3.05, 3.63) is 0 Å². The fourth-order valence-corrected chi connectivity index (χ4v) is 3.09. The first-order valence-electron chi connectivity index (χ1n) is 5.07. The summed E-state index contributed by atoms with van der Waals surface area (Å²) in [6.45, 7) is 1.97. The highest BCUT2D eigenvalue weighted by molar-refractivity contribution is 5.66. The van der Waals surface area contributed by atoms with Gasteiger partial charge in [0.25, 0.3) is 0 Å². The summed E-state index contributed by atoms with van der Waals surface area (Å²) in [7, 11) is 0. The Balaban J connectivity index is 2.05. The van der Waals surface area contributed by atoms with E-state index in [-0.39, 0.29) is 11.6 Å². The van der Waals surface area contributed by atoms with Gasteiger partial charge in [0.2, 0.25) is 0 Å². The molecule has 3 atom stereocenters. The lowest BCUT2D eigenvalue weighted by Gasteiger charge is -2.50. The summed E-state index contributed by atoms with van der Waals surface area (Å²) < 4.78 is 5.37. The van der Waals surface area contributed by atoms with Crippen molar-refractivity contribution in [3.8, 4) is 0 Å². The van der Waals surface area contributed by atoms with Gasteiger partial charge in [0, 0.05) is 19.4 Å². The zero-order valence-corrected chi connectivity index (χ0v) is 8.08. The predicted molar refractivity (Wildman–Crippen MR) is 49.0 cm³/mol. The lowest BCUT2D eigenvalue weighted by molar-refractivity contribution is -0.186. The van der Waals surface area contributed by atoms with Crippen molar-refractivity contribution in [1.82, 2.24) is 0 Å². The molecule has 2 fully saturated rings. The first-order valence-corrected chi connectivity index (χ1v) is 5.07. The Morgan fingerprint density at radius 2 is 2.38 bits per heavy atom. The lowest BCUT2D eigenvalue weighted by atomic mass is 9.63. The van der Waals surface area contributed by atoms with Crippen LogP contribution in [-0.4, -0.2) is 18.1 Å². The van der Waals surface area contributed by atoms with Gasteiger partial charge >= 0.3 is 5.97 Å². The van der Waals surface area contributed by atoms with Crippen molar-refractivity contribution in [2.24, 2.45) is 17.6 Å². The van der Waals surface area contributed by atoms with Crippen molar-refractivity contribution in [1.29, 1.82) is 0 Å². The van der Waals surface area contributed by atoms with Crippen LogP contribution >= 0.6 is 0 Å². The molecule has 0 amide bonds. The third kappa shape index (κ3) is 1.26. The molecule has 0 aromatic carbocycles. The van der Waals surface area contributed by atoms with Crippen molar-refractivity contribution in [3.63, 3.8) is 0 Å². The number of fused-ring (bicyclic) bond motifs is 1. The van der Waals surface area contributed by atoms with Crippen molar-refractivity contribution < 1.29 is 9.53 Å². The molecule has 0 bridgehead atoms. The van der Waals surface area contributed by atoms with E-state index in [0.29, 0.717) is 12.5 Å². The molecule has 3 heteroatoms. The largest absolute Gasteiger partial charge is 0.458 e. The third-order valence-electron chi connectivity index (χ3n) is 3.64. The lowest BCUT2D eigenvalue weighted by Crippen LogP contribution is -2.58. The zero-order chi connectivity index (χ0) is 9.47. The topological polar surface area (TPSA) is 52.3 Å². The van der Waals surface area contributed by atoms with E-state index in [1.165, 1.54) is 26.2 Å². The molecule has 2 rings (SSSR count). The third-order valence-corrected chi connectivity index (χ3v) is 3.64. The minimum Gasteiger partial charge on any atom is -0.458 e. The molecule has 0 spiro atoms. The molecular formula is C10H17NO2. The number of ether oxygens (including phenoxy) is 1. The fraction of sp³-hybridized carbons (Fsp3) is 0.900. The van der Waals surface area contributed by atoms with Gasteiger partial charge in [0.05, 0.1) is 0 Å². The molecule has 3 nitrogen and oxygen atoms in total. The highest BCUT2D eigenvalue weighted by Gasteiger charge is 2.57. The van der Waals surface area contributed by atoms with Crippen LogP contribution in [0.25, 0.3) is 0 Å². The van der Waals surface area contributed by atoms with Gasteiger partial charge in [0.1, 0.15) is 5.60 Å². The van der Waals surface area contributed by atoms with E-state index in [2.05, 4.69) is 0 Å². The van der Waals surface area contributed by atoms with Crippen LogP contribution < -0.4 is 5.73 Å². The summed E-state index contributed by atoms with van der Waals surface area (Å²) in [6.07, 6.45) is 4.76. The molecule has 0 saturated heterocycles. The molecule has 0 radical (unpaired) electrons. The quantitative estimate of drug-likeness (QED) is 0.651. The summed E-state index contributed by atoms with van der Waals surface area (Å²) in [5.74, 6) is 1.15. The molecule has 13 heavy (non-hydrogen) atoms. The number of hydrogen-bond donors (Lipinski definition) is 1. The molecule has 2 saturated carbocycles. The fourth-order valence-electron chi connectivity index (χ4n) is 3.09. The summed E-state index contributed by atoms with van der Waals surface area (Å²) in [6, 6.07) is 0. The summed E-state index contributed by atoms with van der Waals surface area (Å²) >= 11 is 0. The van der Waals surface area contributed by atoms with Gasteiger partial charge < -0.3 is 10.5 Å². The Bertz CT molecular complexity index is 229. The van der Waals surface area contributed by atoms with E-state index in [9.17, 15) is 4.79 Å². The maximum Gasteiger partial charge on any atom is 0.303 e. The van der Waals surface area contributed by atoms with Crippen LogP contribution in [0, 0.1) is 11.8 Å². The van der Waals surface area contributed by atoms with Gasteiger partial charge in [-0.25, -0.2) is 0 Å². The van der Waals surface area contributed by atoms with Crippen molar-refractivity contribution in [2.75, 3.05) is 6.54 Å². The monoisotopic (exact) mass is 183 g/mol. The summed E-state index contributed by atoms with van der Waals surface area (Å²) in [4.78, 5) is 10.9. The Morgan fingerprint density at radius 3 is 2.92 bits per heavy atom. The Kier molecular flexibility index (Phi) is 2.06. The van der Waals surface area contributed by atoms with Gasteiger partial charge in [0.15, 0.2) is 0 Å². The molecule has 0 unspecified atom stereocenters. The normalized spacial score (nSPS) is 42.3. The van der Waals surface area contributed by atoms with E-state index < -0.39 is 0 Å². The number of esters is 1. The number of rotatable bonds is 2. The average molecular weight is 183 g/mol. The maximum absolute atomic E-state index is 10.9. The van der Waals surface area contributed by atoms with Gasteiger partial charge in [-0.2, -0.15) is 0 Å². The Labute approximate surface area is 78.6 Å². The maximum atomic E-state index is 10.9. The van der Waals surface area contributed by atoms with E-state index in [0.717, 1.165) is 12.3 Å². The molecule has 0 aromatic heterocycles. The smallest absolute Gasteiger partial charge is 0.303 e. The minimum absolute atomic E-state index is 0.184. The number of nitrogens with two attached hydrogens (primary N) is 1. The standard InChI is InChI=1S/C10H17NO2/c1-7(12)13-10(6-11)5-8-3-2-4-9(8)10/h8-9H,2-6,11H2,1H3/t8-,9-,10-/m0/s1. The Hall–Kier alpha value is -0.570. The van der Waals surface area contributed by atoms with Gasteiger partial charge in [-0.05, 0) is 25.2 Å². The van der Waals surface area contributed by atoms with Crippen LogP contribution in [-0.2, 0) is 9.53 Å². The van der Waals surface area contributed by atoms with Crippen LogP contribution in [0.2, 0.25) is 0 Å². The second-order valence-corrected chi connectivity index (χ2v) is 4.36. The number of hydrogen-bond acceptors (Lipinski definition) is 3. The average Bonchev–Trinajstić information content (AvgIpc) is 2.43. The zero-order valence-electron chi connectivity index (χ0n) is 8.08. The second kappa shape index (κ2) is 2.98. The Morgan fingerprint density at radius 1 is 1.62 bits per heavy atom. The van der Waals surface area contributed by atoms with Crippen molar-refractivity contribution in [2.45, 2.75) is 38.2 Å². The summed E-state index contributed by atoms with van der Waals surface area (Å²) in [5, 5.41) is 0. The van der Waals surface area contributed by atoms with E-state index in [4.69, 9.17) is 10.5 Å². The van der Waals surface area contributed by atoms with Crippen LogP contribution in [0.3, 0.4) is 0 Å². The van der Waals surface area contributed by atoms with Crippen LogP contribution in [0.1, 0.15) is 32.6 Å². The highest BCUT2D eigenvalue weighted by Crippen LogP contribution is 2.55. The molecule has 74 valence electrons. The second-order valence-electron chi connectivity index (χ2n) is 4.36. The highest BCUT2D eigenvalue weighted by atomic mass is 16.6. The molecule has 2 aliphatic carbocycles. The van der Waals surface area contributed by atoms with E-state index in [1.807, 2.05) is 0 Å². The molecular weight excluding hydrogens is 166 g/mol. The van der Waals surface area contributed by atoms with Crippen LogP contribution in [0.4, 0.5) is 0 Å². The van der Waals surface area contributed by atoms with Gasteiger partial charge in [-0.1, -0.05) is 6.42 Å². The summed E-state index contributed by atoms with van der Waals surface area (Å²) in [5.41, 5.74) is 5.41. The number of carbonyl (C=O) groups is 1.